The van der Waals surface area contributed by atoms with Gasteiger partial charge in [0.1, 0.15) is 5.75 Å². The van der Waals surface area contributed by atoms with Crippen LogP contribution < -0.4 is 14.2 Å². The maximum atomic E-state index is 14.5. The zero-order valence-corrected chi connectivity index (χ0v) is 31.1. The van der Waals surface area contributed by atoms with E-state index in [1.165, 1.54) is 74.5 Å². The first-order valence-corrected chi connectivity index (χ1v) is 20.1. The Morgan fingerprint density at radius 1 is 0.909 bits per heavy atom. The van der Waals surface area contributed by atoms with Gasteiger partial charge in [0.25, 0.3) is 15.5 Å². The maximum absolute atomic E-state index is 14.5. The fourth-order valence-corrected chi connectivity index (χ4v) is 9.37. The Kier molecular flexibility index (Phi) is 12.2. The highest BCUT2D eigenvalue weighted by molar-refractivity contribution is 7.92. The van der Waals surface area contributed by atoms with E-state index in [-0.39, 0.29) is 39.5 Å². The van der Waals surface area contributed by atoms with E-state index in [2.05, 4.69) is 9.97 Å². The predicted octanol–water partition coefficient (Wildman–Crippen LogP) is 4.43. The molecular formula is C34H30F3N3O12S3. The normalized spacial score (nSPS) is 13.2. The molecule has 1 N–H and O–H groups in total. The lowest BCUT2D eigenvalue weighted by Gasteiger charge is -2.20. The molecule has 292 valence electrons. The van der Waals surface area contributed by atoms with Crippen molar-refractivity contribution in [3.63, 3.8) is 0 Å². The van der Waals surface area contributed by atoms with E-state index >= 15 is 0 Å². The summed E-state index contributed by atoms with van der Waals surface area (Å²) in [5, 5.41) is 8.73. The number of sulfone groups is 1. The van der Waals surface area contributed by atoms with Crippen molar-refractivity contribution in [2.45, 2.75) is 46.2 Å². The second-order valence-electron chi connectivity index (χ2n) is 11.3. The number of carbonyl (C=O) groups is 2. The quantitative estimate of drug-likeness (QED) is 0.137. The largest absolute Gasteiger partial charge is 0.484 e. The number of imidazole rings is 1. The van der Waals surface area contributed by atoms with Crippen LogP contribution in [-0.4, -0.2) is 83.5 Å². The van der Waals surface area contributed by atoms with Gasteiger partial charge in [0.15, 0.2) is 24.7 Å². The average molecular weight is 826 g/mol. The Labute approximate surface area is 314 Å². The number of carboxylic acids is 1. The number of fused-ring (bicyclic) bond motifs is 1. The lowest BCUT2D eigenvalue weighted by Crippen LogP contribution is -2.37. The number of pyridine rings is 1. The van der Waals surface area contributed by atoms with Crippen LogP contribution in [0.5, 0.6) is 17.2 Å². The highest BCUT2D eigenvalue weighted by Crippen LogP contribution is 2.35. The number of benzene rings is 3. The first-order chi connectivity index (χ1) is 25.9. The van der Waals surface area contributed by atoms with Crippen molar-refractivity contribution in [3.8, 4) is 17.2 Å². The Morgan fingerprint density at radius 2 is 1.60 bits per heavy atom. The molecule has 0 bridgehead atoms. The first-order valence-electron chi connectivity index (χ1n) is 15.8. The van der Waals surface area contributed by atoms with Crippen LogP contribution in [0.1, 0.15) is 18.2 Å². The Morgan fingerprint density at radius 3 is 2.27 bits per heavy atom. The fraction of sp³-hybridized carbons (Fsp3) is 0.235. The number of hydrogen-bond acceptors (Lipinski definition) is 13. The lowest BCUT2D eigenvalue weighted by molar-refractivity contribution is -0.153. The summed E-state index contributed by atoms with van der Waals surface area (Å²) in [6.45, 7) is -0.0526. The lowest BCUT2D eigenvalue weighted by atomic mass is 10.2. The Bertz CT molecular complexity index is 2480. The summed E-state index contributed by atoms with van der Waals surface area (Å²) in [5.74, 6) is -4.69. The maximum Gasteiger partial charge on any atom is 0.422 e. The van der Waals surface area contributed by atoms with Crippen LogP contribution in [-0.2, 0) is 50.7 Å². The van der Waals surface area contributed by atoms with Crippen molar-refractivity contribution < 1.29 is 67.9 Å². The van der Waals surface area contributed by atoms with E-state index in [1.807, 2.05) is 0 Å². The Balaban J connectivity index is 1.61. The van der Waals surface area contributed by atoms with Crippen LogP contribution in [0, 0.1) is 6.92 Å². The molecule has 21 heteroatoms. The molecule has 0 saturated heterocycles. The van der Waals surface area contributed by atoms with Crippen LogP contribution in [0.2, 0.25) is 0 Å². The molecule has 0 spiro atoms. The second-order valence-corrected chi connectivity index (χ2v) is 16.4. The molecule has 0 aliphatic rings. The van der Waals surface area contributed by atoms with Crippen molar-refractivity contribution in [2.24, 2.45) is 0 Å². The summed E-state index contributed by atoms with van der Waals surface area (Å²) >= 11 is 0. The Hall–Kier alpha value is -5.54. The average Bonchev–Trinajstić information content (AvgIpc) is 3.54. The van der Waals surface area contributed by atoms with Crippen LogP contribution in [0.4, 0.5) is 13.2 Å². The number of alkyl halides is 3. The van der Waals surface area contributed by atoms with Crippen LogP contribution in [0.3, 0.4) is 0 Å². The molecule has 15 nitrogen and oxygen atoms in total. The van der Waals surface area contributed by atoms with E-state index in [1.54, 1.807) is 0 Å². The van der Waals surface area contributed by atoms with Crippen molar-refractivity contribution in [2.75, 3.05) is 19.8 Å². The number of para-hydroxylation sites is 2. The number of ether oxygens (including phenoxy) is 4. The smallest absolute Gasteiger partial charge is 0.422 e. The topological polar surface area (TPSA) is 207 Å². The van der Waals surface area contributed by atoms with Gasteiger partial charge in [-0.15, -0.1) is 0 Å². The number of hydrogen-bond donors (Lipinski definition) is 1. The van der Waals surface area contributed by atoms with Gasteiger partial charge in [-0.3, -0.25) is 9.19 Å². The van der Waals surface area contributed by atoms with Crippen molar-refractivity contribution in [1.82, 2.24) is 13.9 Å². The number of rotatable bonds is 16. The van der Waals surface area contributed by atoms with Crippen LogP contribution in [0.25, 0.3) is 11.0 Å². The van der Waals surface area contributed by atoms with Gasteiger partial charge in [0.2, 0.25) is 15.0 Å². The fourth-order valence-electron chi connectivity index (χ4n) is 4.97. The number of carboxylic acid groups (broad SMARTS) is 1. The van der Waals surface area contributed by atoms with E-state index < -0.39 is 94.7 Å². The summed E-state index contributed by atoms with van der Waals surface area (Å²) in [4.78, 5) is 31.8. The number of aliphatic carboxylic acids is 1. The highest BCUT2D eigenvalue weighted by atomic mass is 32.2. The number of esters is 1. The summed E-state index contributed by atoms with van der Waals surface area (Å²) in [6, 6.07) is 16.4. The van der Waals surface area contributed by atoms with Gasteiger partial charge < -0.3 is 24.1 Å². The van der Waals surface area contributed by atoms with Gasteiger partial charge in [0, 0.05) is 17.8 Å². The predicted molar refractivity (Wildman–Crippen MR) is 187 cm³/mol. The summed E-state index contributed by atoms with van der Waals surface area (Å²) in [5.41, 5.74) is -2.26. The molecule has 0 saturated carbocycles. The zero-order chi connectivity index (χ0) is 40.1. The molecular weight excluding hydrogens is 796 g/mol. The van der Waals surface area contributed by atoms with Crippen LogP contribution >= 0.6 is 0 Å². The molecule has 2 heterocycles. The monoisotopic (exact) mass is 825 g/mol. The molecule has 0 aliphatic carbocycles. The molecule has 0 aliphatic heterocycles. The molecule has 2 unspecified atom stereocenters. The second kappa shape index (κ2) is 16.4. The number of aromatic nitrogens is 3. The van der Waals surface area contributed by atoms with Gasteiger partial charge in [-0.25, -0.2) is 35.4 Å². The standard InChI is InChI=1S/C34H30F3N3O12S3/c1-3-49-31(43)32(54(45,46)22-9-5-4-6-10-22)52-29-17-23(13-14-28(29)50-18-30(41)42)55(47,48)40-26-12-8-7-11-24(26)39-33(40)53(44)19-25-21(2)27(15-16-38-25)51-20-34(35,36)37/h4-17,32H,3,18-20H2,1-2H3,(H,41,42). The minimum absolute atomic E-state index is 0.0225. The summed E-state index contributed by atoms with van der Waals surface area (Å²) in [7, 11) is -11.9. The number of halogens is 3. The third kappa shape index (κ3) is 9.23. The number of nitrogens with zero attached hydrogens (tertiary/aromatic N) is 3. The van der Waals surface area contributed by atoms with Gasteiger partial charge in [-0.1, -0.05) is 30.3 Å². The minimum Gasteiger partial charge on any atom is -0.484 e. The zero-order valence-electron chi connectivity index (χ0n) is 28.6. The van der Waals surface area contributed by atoms with E-state index in [4.69, 9.17) is 18.9 Å². The minimum atomic E-state index is -4.88. The molecule has 2 atom stereocenters. The summed E-state index contributed by atoms with van der Waals surface area (Å²) < 4.78 is 130. The molecule has 2 aromatic heterocycles. The van der Waals surface area contributed by atoms with Gasteiger partial charge in [-0.05, 0) is 56.3 Å². The summed E-state index contributed by atoms with van der Waals surface area (Å²) in [6.07, 6.45) is -3.50. The molecule has 55 heavy (non-hydrogen) atoms. The van der Waals surface area contributed by atoms with Crippen LogP contribution in [0.15, 0.2) is 100 Å². The SMILES string of the molecule is CCOC(=O)C(Oc1cc(S(=O)(=O)n2c(S(=O)Cc3nccc(OCC(F)(F)F)c3C)nc3ccccc32)ccc1OCC(=O)O)S(=O)(=O)c1ccccc1. The highest BCUT2D eigenvalue weighted by Gasteiger charge is 2.39. The number of carbonyl (C=O) groups excluding carboxylic acids is 1. The molecule has 3 aromatic carbocycles. The van der Waals surface area contributed by atoms with Gasteiger partial charge in [-0.2, -0.15) is 13.2 Å². The van der Waals surface area contributed by atoms with Crippen molar-refractivity contribution in [3.05, 3.63) is 96.3 Å². The van der Waals surface area contributed by atoms with E-state index in [9.17, 15) is 48.9 Å². The van der Waals surface area contributed by atoms with Crippen molar-refractivity contribution in [1.29, 1.82) is 0 Å². The van der Waals surface area contributed by atoms with E-state index in [0.29, 0.717) is 3.97 Å². The first kappa shape index (κ1) is 40.6. The third-order valence-corrected chi connectivity index (χ3v) is 12.3. The molecule has 0 fully saturated rings. The molecule has 0 radical (unpaired) electrons. The molecule has 5 aromatic rings. The third-order valence-electron chi connectivity index (χ3n) is 7.48. The van der Waals surface area contributed by atoms with E-state index in [0.717, 1.165) is 24.4 Å². The van der Waals surface area contributed by atoms with Crippen molar-refractivity contribution >= 4 is 53.6 Å². The van der Waals surface area contributed by atoms with Gasteiger partial charge >= 0.3 is 18.1 Å². The van der Waals surface area contributed by atoms with Gasteiger partial charge in [0.05, 0.1) is 49.7 Å². The molecule has 0 amide bonds. The molecule has 5 rings (SSSR count).